The largest absolute Gasteiger partial charge is 0.416 e. The topological polar surface area (TPSA) is 58.2 Å². The second kappa shape index (κ2) is 8.21. The molecule has 4 nitrogen and oxygen atoms in total. The van der Waals surface area contributed by atoms with E-state index in [0.29, 0.717) is 29.7 Å². The first-order valence-electron chi connectivity index (χ1n) is 10.7. The number of Topliss-reactive ketones (excluding diaryl/α,β-unsaturated/α-hetero) is 1. The average molecular weight is 454 g/mol. The molecule has 0 saturated heterocycles. The van der Waals surface area contributed by atoms with E-state index in [1.165, 1.54) is 12.1 Å². The summed E-state index contributed by atoms with van der Waals surface area (Å²) in [5, 5.41) is 5.86. The third-order valence-corrected chi connectivity index (χ3v) is 6.07. The highest BCUT2D eigenvalue weighted by molar-refractivity contribution is 6.10. The average Bonchev–Trinajstić information content (AvgIpc) is 2.72. The number of rotatable bonds is 3. The van der Waals surface area contributed by atoms with E-state index in [1.807, 2.05) is 44.2 Å². The molecule has 0 bridgehead atoms. The van der Waals surface area contributed by atoms with Crippen LogP contribution in [0.25, 0.3) is 0 Å². The van der Waals surface area contributed by atoms with Crippen LogP contribution in [0.4, 0.5) is 18.9 Å². The molecule has 2 aromatic rings. The van der Waals surface area contributed by atoms with Gasteiger partial charge in [-0.15, -0.1) is 0 Å². The number of nitrogens with one attached hydrogen (secondary N) is 2. The molecular formula is C26H25F3N2O2. The number of carbonyl (C=O) groups is 2. The third kappa shape index (κ3) is 4.58. The molecular weight excluding hydrogens is 429 g/mol. The number of amides is 1. The Bertz CT molecular complexity index is 1180. The predicted octanol–water partition coefficient (Wildman–Crippen LogP) is 5.95. The highest BCUT2D eigenvalue weighted by atomic mass is 19.4. The third-order valence-electron chi connectivity index (χ3n) is 6.07. The molecule has 2 N–H and O–H groups in total. The van der Waals surface area contributed by atoms with Crippen molar-refractivity contribution in [2.45, 2.75) is 45.7 Å². The van der Waals surface area contributed by atoms with E-state index < -0.39 is 23.6 Å². The monoisotopic (exact) mass is 454 g/mol. The van der Waals surface area contributed by atoms with Crippen molar-refractivity contribution in [3.8, 4) is 0 Å². The van der Waals surface area contributed by atoms with Crippen LogP contribution in [0.3, 0.4) is 0 Å². The Balaban J connectivity index is 1.76. The van der Waals surface area contributed by atoms with Crippen LogP contribution in [0.1, 0.15) is 50.7 Å². The fraction of sp³-hybridized carbons (Fsp3) is 0.308. The highest BCUT2D eigenvalue weighted by Crippen LogP contribution is 2.46. The number of hydrogen-bond donors (Lipinski definition) is 2. The van der Waals surface area contributed by atoms with E-state index in [0.717, 1.165) is 23.4 Å². The van der Waals surface area contributed by atoms with Crippen molar-refractivity contribution in [3.63, 3.8) is 0 Å². The van der Waals surface area contributed by atoms with Crippen LogP contribution >= 0.6 is 0 Å². The second-order valence-electron chi connectivity index (χ2n) is 9.37. The summed E-state index contributed by atoms with van der Waals surface area (Å²) in [6, 6.07) is 13.8. The van der Waals surface area contributed by atoms with Gasteiger partial charge in [-0.25, -0.2) is 0 Å². The molecule has 1 atom stereocenters. The highest BCUT2D eigenvalue weighted by Gasteiger charge is 2.42. The number of allylic oxidation sites excluding steroid dienone is 3. The van der Waals surface area contributed by atoms with E-state index in [1.54, 1.807) is 6.92 Å². The minimum absolute atomic E-state index is 0.0283. The zero-order valence-electron chi connectivity index (χ0n) is 18.6. The Labute approximate surface area is 190 Å². The summed E-state index contributed by atoms with van der Waals surface area (Å²) in [5.41, 5.74) is 2.04. The number of halogens is 3. The number of carbonyl (C=O) groups excluding carboxylic acids is 2. The Morgan fingerprint density at radius 3 is 2.42 bits per heavy atom. The molecule has 1 aliphatic heterocycles. The zero-order valence-corrected chi connectivity index (χ0v) is 18.6. The van der Waals surface area contributed by atoms with Gasteiger partial charge in [0.25, 0.3) is 5.91 Å². The number of benzene rings is 2. The van der Waals surface area contributed by atoms with Gasteiger partial charge in [-0.2, -0.15) is 13.2 Å². The maximum Gasteiger partial charge on any atom is 0.416 e. The van der Waals surface area contributed by atoms with Gasteiger partial charge in [0.05, 0.1) is 5.56 Å². The first-order chi connectivity index (χ1) is 15.5. The molecule has 0 saturated carbocycles. The Morgan fingerprint density at radius 2 is 1.76 bits per heavy atom. The summed E-state index contributed by atoms with van der Waals surface area (Å²) in [7, 11) is 0. The first-order valence-corrected chi connectivity index (χ1v) is 10.7. The summed E-state index contributed by atoms with van der Waals surface area (Å²) in [6.07, 6.45) is -3.49. The molecule has 172 valence electrons. The molecule has 33 heavy (non-hydrogen) atoms. The van der Waals surface area contributed by atoms with Gasteiger partial charge in [-0.3, -0.25) is 9.59 Å². The van der Waals surface area contributed by atoms with Gasteiger partial charge in [0.15, 0.2) is 5.78 Å². The second-order valence-corrected chi connectivity index (χ2v) is 9.37. The Hall–Kier alpha value is -3.35. The van der Waals surface area contributed by atoms with E-state index >= 15 is 0 Å². The van der Waals surface area contributed by atoms with E-state index in [2.05, 4.69) is 10.6 Å². The lowest BCUT2D eigenvalue weighted by Crippen LogP contribution is -2.39. The van der Waals surface area contributed by atoms with E-state index in [4.69, 9.17) is 0 Å². The minimum Gasteiger partial charge on any atom is -0.362 e. The summed E-state index contributed by atoms with van der Waals surface area (Å²) in [6.45, 7) is 5.82. The summed E-state index contributed by atoms with van der Waals surface area (Å²) in [5.74, 6) is -1.17. The fourth-order valence-corrected chi connectivity index (χ4v) is 4.69. The summed E-state index contributed by atoms with van der Waals surface area (Å²) in [4.78, 5) is 26.6. The molecule has 1 heterocycles. The maximum absolute atomic E-state index is 13.4. The molecule has 0 fully saturated rings. The molecule has 0 radical (unpaired) electrons. The van der Waals surface area contributed by atoms with Gasteiger partial charge < -0.3 is 10.6 Å². The minimum atomic E-state index is -4.52. The van der Waals surface area contributed by atoms with Crippen LogP contribution in [-0.2, 0) is 15.8 Å². The van der Waals surface area contributed by atoms with Crippen LogP contribution in [0, 0.1) is 5.41 Å². The number of anilines is 1. The lowest BCUT2D eigenvalue weighted by atomic mass is 9.68. The standard InChI is InChI=1S/C26H25F3N2O2/c1-15-21(24(33)31-18-11-7-10-17(12-18)26(27,28)29)22(16-8-5-4-6-9-16)23-19(30-15)13-25(2,3)14-20(23)32/h4-12,22,30H,13-14H2,1-3H3,(H,31,33)/t22-/m0/s1. The van der Waals surface area contributed by atoms with E-state index in [9.17, 15) is 22.8 Å². The molecule has 2 aliphatic rings. The van der Waals surface area contributed by atoms with Crippen LogP contribution in [-0.4, -0.2) is 11.7 Å². The predicted molar refractivity (Wildman–Crippen MR) is 120 cm³/mol. The normalized spacial score (nSPS) is 20.3. The van der Waals surface area contributed by atoms with Gasteiger partial charge in [-0.1, -0.05) is 50.2 Å². The van der Waals surface area contributed by atoms with Crippen molar-refractivity contribution in [1.29, 1.82) is 0 Å². The number of hydrogen-bond acceptors (Lipinski definition) is 3. The first kappa shape index (κ1) is 22.8. The van der Waals surface area contributed by atoms with Crippen LogP contribution < -0.4 is 10.6 Å². The van der Waals surface area contributed by atoms with Crippen molar-refractivity contribution >= 4 is 17.4 Å². The van der Waals surface area contributed by atoms with Gasteiger partial charge in [0.2, 0.25) is 0 Å². The zero-order chi connectivity index (χ0) is 24.0. The lowest BCUT2D eigenvalue weighted by Gasteiger charge is -2.39. The quantitative estimate of drug-likeness (QED) is 0.603. The molecule has 1 aliphatic carbocycles. The van der Waals surface area contributed by atoms with Crippen molar-refractivity contribution in [2.75, 3.05) is 5.32 Å². The van der Waals surface area contributed by atoms with Crippen LogP contribution in [0.2, 0.25) is 0 Å². The van der Waals surface area contributed by atoms with Crippen molar-refractivity contribution < 1.29 is 22.8 Å². The van der Waals surface area contributed by atoms with Gasteiger partial charge in [0, 0.05) is 40.6 Å². The van der Waals surface area contributed by atoms with Crippen molar-refractivity contribution in [3.05, 3.63) is 88.3 Å². The fourth-order valence-electron chi connectivity index (χ4n) is 4.69. The molecule has 2 aromatic carbocycles. The summed E-state index contributed by atoms with van der Waals surface area (Å²) >= 11 is 0. The number of ketones is 1. The van der Waals surface area contributed by atoms with Crippen LogP contribution in [0.5, 0.6) is 0 Å². The van der Waals surface area contributed by atoms with Gasteiger partial charge in [-0.05, 0) is 42.5 Å². The molecule has 1 amide bonds. The number of dihydropyridines is 1. The molecule has 7 heteroatoms. The van der Waals surface area contributed by atoms with Crippen LogP contribution in [0.15, 0.2) is 77.1 Å². The smallest absolute Gasteiger partial charge is 0.362 e. The Kier molecular flexibility index (Phi) is 5.68. The SMILES string of the molecule is CC1=C(C(=O)Nc2cccc(C(F)(F)F)c2)[C@H](c2ccccc2)C2=C(CC(C)(C)CC2=O)N1. The van der Waals surface area contributed by atoms with Crippen molar-refractivity contribution in [2.24, 2.45) is 5.41 Å². The summed E-state index contributed by atoms with van der Waals surface area (Å²) < 4.78 is 39.4. The molecule has 0 aromatic heterocycles. The van der Waals surface area contributed by atoms with Gasteiger partial charge in [0.1, 0.15) is 0 Å². The molecule has 0 spiro atoms. The van der Waals surface area contributed by atoms with E-state index in [-0.39, 0.29) is 16.9 Å². The molecule has 4 rings (SSSR count). The molecule has 0 unspecified atom stereocenters. The maximum atomic E-state index is 13.4. The lowest BCUT2D eigenvalue weighted by molar-refractivity contribution is -0.137. The van der Waals surface area contributed by atoms with Crippen molar-refractivity contribution in [1.82, 2.24) is 5.32 Å². The number of alkyl halides is 3. The van der Waals surface area contributed by atoms with Gasteiger partial charge >= 0.3 is 6.18 Å². The Morgan fingerprint density at radius 1 is 1.06 bits per heavy atom.